The summed E-state index contributed by atoms with van der Waals surface area (Å²) >= 11 is 6.85. The maximum atomic E-state index is 9.96. The number of fused-ring (bicyclic) bond motifs is 1. The van der Waals surface area contributed by atoms with E-state index in [1.165, 1.54) is 32.1 Å². The van der Waals surface area contributed by atoms with Gasteiger partial charge in [0, 0.05) is 42.4 Å². The van der Waals surface area contributed by atoms with Gasteiger partial charge in [-0.05, 0) is 70.1 Å². The van der Waals surface area contributed by atoms with Crippen molar-refractivity contribution < 1.29 is 0 Å². The molecule has 44 heavy (non-hydrogen) atoms. The lowest BCUT2D eigenvalue weighted by Crippen LogP contribution is -2.46. The van der Waals surface area contributed by atoms with Crippen LogP contribution in [0.25, 0.3) is 10.9 Å². The molecule has 1 atom stereocenters. The first-order chi connectivity index (χ1) is 21.3. The number of rotatable bonds is 8. The molecule has 0 radical (unpaired) electrons. The quantitative estimate of drug-likeness (QED) is 0.209. The summed E-state index contributed by atoms with van der Waals surface area (Å²) in [7, 11) is 0. The van der Waals surface area contributed by atoms with Crippen LogP contribution in [0.15, 0.2) is 54.9 Å². The predicted molar refractivity (Wildman–Crippen MR) is 178 cm³/mol. The molecular formula is C35H43ClN8. The molecule has 8 nitrogen and oxygen atoms in total. The summed E-state index contributed by atoms with van der Waals surface area (Å²) in [6.45, 7) is 9.78. The third kappa shape index (κ3) is 6.69. The van der Waals surface area contributed by atoms with E-state index in [9.17, 15) is 5.26 Å². The molecule has 1 aliphatic carbocycles. The van der Waals surface area contributed by atoms with Crippen molar-refractivity contribution in [2.75, 3.05) is 30.3 Å². The van der Waals surface area contributed by atoms with Gasteiger partial charge in [0.2, 0.25) is 0 Å². The van der Waals surface area contributed by atoms with Crippen molar-refractivity contribution in [3.63, 3.8) is 0 Å². The number of halogens is 1. The van der Waals surface area contributed by atoms with Gasteiger partial charge in [-0.1, -0.05) is 66.4 Å². The van der Waals surface area contributed by atoms with E-state index < -0.39 is 0 Å². The van der Waals surface area contributed by atoms with Crippen LogP contribution in [0, 0.1) is 17.2 Å². The van der Waals surface area contributed by atoms with Gasteiger partial charge in [0.05, 0.1) is 40.1 Å². The molecule has 2 N–H and O–H groups in total. The molecule has 2 fully saturated rings. The van der Waals surface area contributed by atoms with Crippen LogP contribution in [0.1, 0.15) is 94.6 Å². The number of piperidine rings is 1. The zero-order valence-electron chi connectivity index (χ0n) is 26.1. The molecule has 2 aromatic carbocycles. The SMILES string of the molecule is CC(C)(C)N1CCC(n2cc(C(Nc3cc(Cl)c4ncc(C#N)c(NCC5CCCCC5)c4c3)c3ccccc3)nn2)CC1. The van der Waals surface area contributed by atoms with E-state index in [1.54, 1.807) is 6.20 Å². The van der Waals surface area contributed by atoms with E-state index in [1.807, 2.05) is 24.3 Å². The van der Waals surface area contributed by atoms with Crippen molar-refractivity contribution in [2.24, 2.45) is 5.92 Å². The number of hydrogen-bond acceptors (Lipinski definition) is 7. The summed E-state index contributed by atoms with van der Waals surface area (Å²) in [4.78, 5) is 7.11. The summed E-state index contributed by atoms with van der Waals surface area (Å²) < 4.78 is 2.05. The molecule has 230 valence electrons. The van der Waals surface area contributed by atoms with Gasteiger partial charge < -0.3 is 10.6 Å². The highest BCUT2D eigenvalue weighted by Crippen LogP contribution is 2.36. The number of hydrogen-bond donors (Lipinski definition) is 2. The van der Waals surface area contributed by atoms with Crippen LogP contribution in [0.4, 0.5) is 11.4 Å². The second kappa shape index (κ2) is 13.1. The molecular weight excluding hydrogens is 568 g/mol. The Balaban J connectivity index is 1.30. The van der Waals surface area contributed by atoms with Gasteiger partial charge in [-0.3, -0.25) is 9.88 Å². The second-order valence-corrected chi connectivity index (χ2v) is 13.8. The van der Waals surface area contributed by atoms with Crippen molar-refractivity contribution in [3.8, 4) is 6.07 Å². The Kier molecular flexibility index (Phi) is 9.06. The number of nitrogens with one attached hydrogen (secondary N) is 2. The van der Waals surface area contributed by atoms with Gasteiger partial charge in [-0.2, -0.15) is 5.26 Å². The van der Waals surface area contributed by atoms with Crippen LogP contribution in [0.3, 0.4) is 0 Å². The summed E-state index contributed by atoms with van der Waals surface area (Å²) in [6.07, 6.45) is 12.1. The minimum Gasteiger partial charge on any atom is -0.383 e. The third-order valence-corrected chi connectivity index (χ3v) is 9.68. The molecule has 0 amide bonds. The minimum absolute atomic E-state index is 0.177. The number of pyridine rings is 1. The molecule has 9 heteroatoms. The second-order valence-electron chi connectivity index (χ2n) is 13.4. The molecule has 4 aromatic rings. The highest BCUT2D eigenvalue weighted by Gasteiger charge is 2.29. The van der Waals surface area contributed by atoms with Crippen molar-refractivity contribution >= 4 is 33.9 Å². The average Bonchev–Trinajstić information content (AvgIpc) is 3.53. The Bertz CT molecular complexity index is 1610. The van der Waals surface area contributed by atoms with Gasteiger partial charge in [0.15, 0.2) is 0 Å². The Morgan fingerprint density at radius 3 is 2.50 bits per heavy atom. The maximum absolute atomic E-state index is 9.96. The minimum atomic E-state index is -0.237. The van der Waals surface area contributed by atoms with Gasteiger partial charge >= 0.3 is 0 Å². The zero-order chi connectivity index (χ0) is 30.7. The van der Waals surface area contributed by atoms with Crippen LogP contribution in [0.2, 0.25) is 5.02 Å². The van der Waals surface area contributed by atoms with Crippen LogP contribution in [-0.4, -0.2) is 50.1 Å². The highest BCUT2D eigenvalue weighted by molar-refractivity contribution is 6.35. The van der Waals surface area contributed by atoms with Crippen molar-refractivity contribution in [1.82, 2.24) is 24.9 Å². The first-order valence-corrected chi connectivity index (χ1v) is 16.4. The average molecular weight is 611 g/mol. The van der Waals surface area contributed by atoms with E-state index in [0.717, 1.165) is 60.5 Å². The molecule has 1 saturated carbocycles. The van der Waals surface area contributed by atoms with Gasteiger partial charge in [-0.25, -0.2) is 4.68 Å². The van der Waals surface area contributed by atoms with Crippen molar-refractivity contribution in [1.29, 1.82) is 5.26 Å². The number of anilines is 2. The lowest BCUT2D eigenvalue weighted by molar-refractivity contribution is 0.0866. The van der Waals surface area contributed by atoms with Gasteiger partial charge in [0.25, 0.3) is 0 Å². The Morgan fingerprint density at radius 2 is 1.80 bits per heavy atom. The summed E-state index contributed by atoms with van der Waals surface area (Å²) in [5.41, 5.74) is 4.96. The van der Waals surface area contributed by atoms with E-state index in [0.29, 0.717) is 28.1 Å². The smallest absolute Gasteiger partial charge is 0.109 e. The molecule has 1 unspecified atom stereocenters. The van der Waals surface area contributed by atoms with Crippen LogP contribution >= 0.6 is 11.6 Å². The predicted octanol–water partition coefficient (Wildman–Crippen LogP) is 7.98. The molecule has 0 spiro atoms. The molecule has 1 aliphatic heterocycles. The molecule has 0 bridgehead atoms. The lowest BCUT2D eigenvalue weighted by Gasteiger charge is -2.40. The molecule has 1 saturated heterocycles. The van der Waals surface area contributed by atoms with Crippen molar-refractivity contribution in [3.05, 3.63) is 76.7 Å². The first-order valence-electron chi connectivity index (χ1n) is 16.0. The van der Waals surface area contributed by atoms with E-state index in [2.05, 4.69) is 86.7 Å². The Labute approximate surface area is 265 Å². The van der Waals surface area contributed by atoms with Crippen LogP contribution in [0.5, 0.6) is 0 Å². The van der Waals surface area contributed by atoms with E-state index in [4.69, 9.17) is 11.6 Å². The van der Waals surface area contributed by atoms with Gasteiger partial charge in [0.1, 0.15) is 11.8 Å². The fourth-order valence-corrected chi connectivity index (χ4v) is 7.07. The first kappa shape index (κ1) is 30.4. The maximum Gasteiger partial charge on any atom is 0.109 e. The third-order valence-electron chi connectivity index (χ3n) is 9.39. The Hall–Kier alpha value is -3.67. The monoisotopic (exact) mass is 610 g/mol. The van der Waals surface area contributed by atoms with E-state index in [-0.39, 0.29) is 11.6 Å². The molecule has 3 heterocycles. The Morgan fingerprint density at radius 1 is 1.05 bits per heavy atom. The molecule has 2 aliphatic rings. The number of nitriles is 1. The number of nitrogens with zero attached hydrogens (tertiary/aromatic N) is 6. The topological polar surface area (TPSA) is 94.7 Å². The standard InChI is InChI=1S/C35H43ClN8/c1-35(2,3)43-16-14-28(15-17-43)44-23-31(41-42-44)33(25-12-8-5-9-13-25)40-27-18-29-32(38-21-24-10-6-4-7-11-24)26(20-37)22-39-34(29)30(36)19-27/h5,8-9,12-13,18-19,22-24,28,33,40H,4,6-7,10-11,14-17,21H2,1-3H3,(H,38,39). The number of benzene rings is 2. The van der Waals surface area contributed by atoms with Gasteiger partial charge in [-0.15, -0.1) is 5.10 Å². The largest absolute Gasteiger partial charge is 0.383 e. The summed E-state index contributed by atoms with van der Waals surface area (Å²) in [5.74, 6) is 0.612. The molecule has 6 rings (SSSR count). The highest BCUT2D eigenvalue weighted by atomic mass is 35.5. The van der Waals surface area contributed by atoms with Crippen LogP contribution in [-0.2, 0) is 0 Å². The van der Waals surface area contributed by atoms with Crippen LogP contribution < -0.4 is 10.6 Å². The van der Waals surface area contributed by atoms with E-state index >= 15 is 0 Å². The lowest BCUT2D eigenvalue weighted by atomic mass is 9.89. The number of likely N-dealkylation sites (tertiary alicyclic amines) is 1. The summed E-state index contributed by atoms with van der Waals surface area (Å²) in [6, 6.07) is 16.7. The fourth-order valence-electron chi connectivity index (χ4n) is 6.80. The number of aromatic nitrogens is 4. The molecule has 2 aromatic heterocycles. The summed E-state index contributed by atoms with van der Waals surface area (Å²) in [5, 5.41) is 28.0. The fraction of sp³-hybridized carbons (Fsp3) is 0.486. The normalized spacial score (nSPS) is 17.8. The van der Waals surface area contributed by atoms with Crippen molar-refractivity contribution in [2.45, 2.75) is 83.3 Å². The zero-order valence-corrected chi connectivity index (χ0v) is 26.8.